The van der Waals surface area contributed by atoms with E-state index in [-0.39, 0.29) is 6.42 Å². The third kappa shape index (κ3) is 7.24. The number of allylic oxidation sites excluding steroid dienone is 3. The van der Waals surface area contributed by atoms with Gasteiger partial charge in [-0.2, -0.15) is 0 Å². The number of methoxy groups -OCH3 is 1. The second kappa shape index (κ2) is 9.97. The molecule has 6 heteroatoms. The van der Waals surface area contributed by atoms with Gasteiger partial charge in [-0.15, -0.1) is 0 Å². The van der Waals surface area contributed by atoms with Crippen LogP contribution in [0, 0.1) is 5.41 Å². The predicted octanol–water partition coefficient (Wildman–Crippen LogP) is 3.97. The molecule has 0 aromatic rings. The number of carbonyl (C=O) groups excluding carboxylic acids is 1. The zero-order valence-electron chi connectivity index (χ0n) is 13.4. The van der Waals surface area contributed by atoms with Crippen molar-refractivity contribution in [3.05, 3.63) is 24.3 Å². The summed E-state index contributed by atoms with van der Waals surface area (Å²) in [6.07, 6.45) is 4.43. The van der Waals surface area contributed by atoms with E-state index in [1.54, 1.807) is 19.9 Å². The van der Waals surface area contributed by atoms with Crippen LogP contribution in [0.4, 0.5) is 8.78 Å². The van der Waals surface area contributed by atoms with Gasteiger partial charge in [-0.05, 0) is 39.2 Å². The fraction of sp³-hybridized carbons (Fsp3) is 0.562. The molecule has 0 heterocycles. The standard InChI is InChI=1S/C16H24F2N2O2/c1-5-13(11-19)14(20-12(3)15(21)22-4)9-7-8-10-16(17,18)6-2/h5-6,11-12,19H,2,7-10H2,1,3-4H3/b13-5-,19-11?,20-14?. The first-order valence-corrected chi connectivity index (χ1v) is 7.14. The number of halogens is 2. The number of hydrogen-bond donors (Lipinski definition) is 1. The second-order valence-electron chi connectivity index (χ2n) is 4.84. The van der Waals surface area contributed by atoms with E-state index < -0.39 is 17.9 Å². The Morgan fingerprint density at radius 3 is 2.55 bits per heavy atom. The number of hydrogen-bond acceptors (Lipinski definition) is 4. The molecular formula is C16H24F2N2O2. The van der Waals surface area contributed by atoms with Crippen molar-refractivity contribution >= 4 is 17.9 Å². The van der Waals surface area contributed by atoms with E-state index >= 15 is 0 Å². The molecule has 22 heavy (non-hydrogen) atoms. The number of rotatable bonds is 10. The monoisotopic (exact) mass is 314 g/mol. The molecule has 124 valence electrons. The van der Waals surface area contributed by atoms with Crippen LogP contribution in [-0.4, -0.2) is 37.0 Å². The lowest BCUT2D eigenvalue weighted by molar-refractivity contribution is -0.141. The smallest absolute Gasteiger partial charge is 0.330 e. The highest BCUT2D eigenvalue weighted by molar-refractivity contribution is 6.15. The number of alkyl halides is 2. The molecule has 0 aliphatic rings. The molecule has 0 spiro atoms. The molecule has 1 atom stereocenters. The zero-order valence-corrected chi connectivity index (χ0v) is 13.4. The number of aliphatic imine (C=N–C) groups is 1. The van der Waals surface area contributed by atoms with Gasteiger partial charge >= 0.3 is 5.97 Å². The Balaban J connectivity index is 4.83. The topological polar surface area (TPSA) is 62.5 Å². The molecule has 0 fully saturated rings. The molecule has 0 saturated carbocycles. The normalized spacial score (nSPS) is 14.4. The quantitative estimate of drug-likeness (QED) is 0.287. The summed E-state index contributed by atoms with van der Waals surface area (Å²) in [5.41, 5.74) is 1.13. The van der Waals surface area contributed by atoms with E-state index in [0.717, 1.165) is 6.21 Å². The Kier molecular flexibility index (Phi) is 9.13. The van der Waals surface area contributed by atoms with Crippen molar-refractivity contribution in [3.8, 4) is 0 Å². The van der Waals surface area contributed by atoms with Crippen LogP contribution in [0.1, 0.15) is 39.5 Å². The number of nitrogens with one attached hydrogen (secondary N) is 1. The highest BCUT2D eigenvalue weighted by Gasteiger charge is 2.23. The Morgan fingerprint density at radius 2 is 2.09 bits per heavy atom. The summed E-state index contributed by atoms with van der Waals surface area (Å²) in [7, 11) is 1.28. The van der Waals surface area contributed by atoms with Crippen molar-refractivity contribution in [2.45, 2.75) is 51.5 Å². The van der Waals surface area contributed by atoms with Crippen molar-refractivity contribution in [3.63, 3.8) is 0 Å². The third-order valence-electron chi connectivity index (χ3n) is 3.16. The van der Waals surface area contributed by atoms with Gasteiger partial charge in [-0.1, -0.05) is 12.7 Å². The van der Waals surface area contributed by atoms with Crippen molar-refractivity contribution in [2.24, 2.45) is 4.99 Å². The summed E-state index contributed by atoms with van der Waals surface area (Å²) in [5, 5.41) is 7.37. The molecule has 0 aromatic carbocycles. The second-order valence-corrected chi connectivity index (χ2v) is 4.84. The van der Waals surface area contributed by atoms with Crippen LogP contribution < -0.4 is 0 Å². The third-order valence-corrected chi connectivity index (χ3v) is 3.16. The summed E-state index contributed by atoms with van der Waals surface area (Å²) >= 11 is 0. The number of carbonyl (C=O) groups is 1. The average molecular weight is 314 g/mol. The summed E-state index contributed by atoms with van der Waals surface area (Å²) in [6, 6.07) is -0.690. The maximum atomic E-state index is 13.1. The first kappa shape index (κ1) is 20.1. The average Bonchev–Trinajstić information content (AvgIpc) is 2.51. The summed E-state index contributed by atoms with van der Waals surface area (Å²) in [6.45, 7) is 6.45. The number of esters is 1. The van der Waals surface area contributed by atoms with Gasteiger partial charge in [0.15, 0.2) is 0 Å². The molecule has 0 aliphatic heterocycles. The van der Waals surface area contributed by atoms with Gasteiger partial charge in [0.05, 0.1) is 7.11 Å². The van der Waals surface area contributed by atoms with E-state index in [4.69, 9.17) is 5.41 Å². The summed E-state index contributed by atoms with van der Waals surface area (Å²) < 4.78 is 30.8. The first-order chi connectivity index (χ1) is 10.3. The van der Waals surface area contributed by atoms with E-state index in [1.165, 1.54) is 7.11 Å². The highest BCUT2D eigenvalue weighted by Crippen LogP contribution is 2.23. The van der Waals surface area contributed by atoms with Crippen molar-refractivity contribution < 1.29 is 18.3 Å². The minimum absolute atomic E-state index is 0.272. The van der Waals surface area contributed by atoms with E-state index in [1.807, 2.05) is 0 Å². The number of unbranched alkanes of at least 4 members (excludes halogenated alkanes) is 1. The molecule has 0 rings (SSSR count). The van der Waals surface area contributed by atoms with Crippen molar-refractivity contribution in [1.29, 1.82) is 5.41 Å². The molecule has 1 N–H and O–H groups in total. The molecule has 0 radical (unpaired) electrons. The van der Waals surface area contributed by atoms with Crippen molar-refractivity contribution in [1.82, 2.24) is 0 Å². The lowest BCUT2D eigenvalue weighted by Crippen LogP contribution is -2.19. The van der Waals surface area contributed by atoms with Gasteiger partial charge in [-0.3, -0.25) is 4.99 Å². The molecule has 4 nitrogen and oxygen atoms in total. The van der Waals surface area contributed by atoms with Gasteiger partial charge in [0.25, 0.3) is 5.92 Å². The van der Waals surface area contributed by atoms with Crippen LogP contribution in [0.3, 0.4) is 0 Å². The van der Waals surface area contributed by atoms with Crippen LogP contribution in [0.5, 0.6) is 0 Å². The largest absolute Gasteiger partial charge is 0.467 e. The number of nitrogens with zero attached hydrogens (tertiary/aromatic N) is 1. The van der Waals surface area contributed by atoms with Gasteiger partial charge in [-0.25, -0.2) is 13.6 Å². The molecule has 0 aromatic heterocycles. The molecule has 1 unspecified atom stereocenters. The summed E-state index contributed by atoms with van der Waals surface area (Å²) in [4.78, 5) is 15.7. The number of ether oxygens (including phenoxy) is 1. The van der Waals surface area contributed by atoms with Crippen molar-refractivity contribution in [2.75, 3.05) is 7.11 Å². The van der Waals surface area contributed by atoms with Crippen LogP contribution >= 0.6 is 0 Å². The van der Waals surface area contributed by atoms with Crippen LogP contribution in [0.25, 0.3) is 0 Å². The molecule has 0 aliphatic carbocycles. The van der Waals surface area contributed by atoms with Crippen LogP contribution in [-0.2, 0) is 9.53 Å². The highest BCUT2D eigenvalue weighted by atomic mass is 19.3. The first-order valence-electron chi connectivity index (χ1n) is 7.14. The zero-order chi connectivity index (χ0) is 17.2. The molecule has 0 bridgehead atoms. The lowest BCUT2D eigenvalue weighted by Gasteiger charge is -2.13. The van der Waals surface area contributed by atoms with E-state index in [2.05, 4.69) is 16.3 Å². The minimum atomic E-state index is -2.86. The summed E-state index contributed by atoms with van der Waals surface area (Å²) in [5.74, 6) is -3.34. The minimum Gasteiger partial charge on any atom is -0.467 e. The van der Waals surface area contributed by atoms with Gasteiger partial charge in [0, 0.05) is 23.9 Å². The predicted molar refractivity (Wildman–Crippen MR) is 85.1 cm³/mol. The molecule has 0 amide bonds. The maximum Gasteiger partial charge on any atom is 0.330 e. The maximum absolute atomic E-state index is 13.1. The van der Waals surface area contributed by atoms with Crippen LogP contribution in [0.15, 0.2) is 29.3 Å². The van der Waals surface area contributed by atoms with Gasteiger partial charge in [0.2, 0.25) is 0 Å². The lowest BCUT2D eigenvalue weighted by atomic mass is 10.0. The van der Waals surface area contributed by atoms with E-state index in [9.17, 15) is 13.6 Å². The van der Waals surface area contributed by atoms with E-state index in [0.29, 0.717) is 36.6 Å². The Morgan fingerprint density at radius 1 is 1.45 bits per heavy atom. The molecular weight excluding hydrogens is 290 g/mol. The van der Waals surface area contributed by atoms with Crippen LogP contribution in [0.2, 0.25) is 0 Å². The Hall–Kier alpha value is -1.85. The Bertz CT molecular complexity index is 457. The fourth-order valence-corrected chi connectivity index (χ4v) is 1.83. The van der Waals surface area contributed by atoms with Gasteiger partial charge < -0.3 is 10.1 Å². The molecule has 0 saturated heterocycles. The van der Waals surface area contributed by atoms with Gasteiger partial charge in [0.1, 0.15) is 6.04 Å². The fourth-order valence-electron chi connectivity index (χ4n) is 1.83. The SMILES string of the molecule is C=CC(F)(F)CCCCC(=NC(C)C(=O)OC)/C(C=N)=C\C. The Labute approximate surface area is 130 Å².